The number of nitrogens with zero attached hydrogens (tertiary/aromatic N) is 4. The first-order valence-electron chi connectivity index (χ1n) is 13.4. The zero-order valence-electron chi connectivity index (χ0n) is 21.6. The van der Waals surface area contributed by atoms with E-state index in [1.165, 1.54) is 22.3 Å². The Morgan fingerprint density at radius 1 is 1.20 bits per heavy atom. The van der Waals surface area contributed by atoms with E-state index in [2.05, 4.69) is 20.6 Å². The van der Waals surface area contributed by atoms with Gasteiger partial charge in [-0.2, -0.15) is 0 Å². The minimum Gasteiger partial charge on any atom is -0.489 e. The second kappa shape index (κ2) is 10.1. The molecule has 204 valence electrons. The van der Waals surface area contributed by atoms with Crippen LogP contribution in [0.5, 0.6) is 5.75 Å². The highest BCUT2D eigenvalue weighted by atomic mass is 32.1. The van der Waals surface area contributed by atoms with E-state index in [4.69, 9.17) is 4.74 Å². The molecule has 1 fully saturated rings. The van der Waals surface area contributed by atoms with Gasteiger partial charge >= 0.3 is 0 Å². The summed E-state index contributed by atoms with van der Waals surface area (Å²) in [7, 11) is 0. The third kappa shape index (κ3) is 4.44. The van der Waals surface area contributed by atoms with Gasteiger partial charge in [0, 0.05) is 41.5 Å². The zero-order valence-corrected chi connectivity index (χ0v) is 22.4. The van der Waals surface area contributed by atoms with Crippen LogP contribution in [-0.4, -0.2) is 50.4 Å². The molecule has 2 N–H and O–H groups in total. The predicted octanol–water partition coefficient (Wildman–Crippen LogP) is 4.17. The van der Waals surface area contributed by atoms with E-state index in [-0.39, 0.29) is 23.8 Å². The highest BCUT2D eigenvalue weighted by molar-refractivity contribution is 7.13. The summed E-state index contributed by atoms with van der Waals surface area (Å²) < 4.78 is 23.5. The molecule has 0 saturated carbocycles. The lowest BCUT2D eigenvalue weighted by atomic mass is 9.99. The summed E-state index contributed by atoms with van der Waals surface area (Å²) in [5.74, 6) is -0.542. The molecule has 2 aromatic heterocycles. The standard InChI is InChI=1S/C29H27FN6O3S/c30-23-13-18(17-3-5-19(6-4-17)39-20-7-8-31-14-20)12-21-22(23)15-36(28(21)38)26(27(37)34-29-32-9-11-40-29)25-24-2-1-10-35(24)16-33-25/h3-6,9,11-13,16,20,26,31H,1-2,7-8,10,14-15H2,(H,32,34,37). The van der Waals surface area contributed by atoms with Gasteiger partial charge in [-0.25, -0.2) is 14.4 Å². The average molecular weight is 559 g/mol. The number of amides is 2. The van der Waals surface area contributed by atoms with Gasteiger partial charge < -0.3 is 19.5 Å². The molecule has 2 amide bonds. The van der Waals surface area contributed by atoms with Gasteiger partial charge in [0.15, 0.2) is 11.2 Å². The van der Waals surface area contributed by atoms with Gasteiger partial charge in [0.2, 0.25) is 0 Å². The van der Waals surface area contributed by atoms with E-state index >= 15 is 4.39 Å². The molecule has 2 unspecified atom stereocenters. The number of hydrogen-bond donors (Lipinski definition) is 2. The Morgan fingerprint density at radius 2 is 2.08 bits per heavy atom. The number of fused-ring (bicyclic) bond motifs is 2. The maximum Gasteiger partial charge on any atom is 0.255 e. The van der Waals surface area contributed by atoms with Crippen molar-refractivity contribution in [2.24, 2.45) is 0 Å². The maximum absolute atomic E-state index is 15.5. The Balaban J connectivity index is 1.19. The molecule has 0 aliphatic carbocycles. The molecular weight excluding hydrogens is 531 g/mol. The molecule has 11 heteroatoms. The van der Waals surface area contributed by atoms with Gasteiger partial charge in [-0.05, 0) is 61.2 Å². The van der Waals surface area contributed by atoms with E-state index in [1.54, 1.807) is 24.0 Å². The average Bonchev–Trinajstić information content (AvgIpc) is 3.78. The predicted molar refractivity (Wildman–Crippen MR) is 148 cm³/mol. The summed E-state index contributed by atoms with van der Waals surface area (Å²) in [6.45, 7) is 2.56. The number of hydrogen-bond acceptors (Lipinski definition) is 7. The second-order valence-corrected chi connectivity index (χ2v) is 11.2. The Morgan fingerprint density at radius 3 is 2.85 bits per heavy atom. The molecule has 2 atom stereocenters. The Kier molecular flexibility index (Phi) is 6.32. The van der Waals surface area contributed by atoms with Gasteiger partial charge in [-0.3, -0.25) is 14.9 Å². The fraction of sp³-hybridized carbons (Fsp3) is 0.310. The Labute approximate surface area is 234 Å². The number of imidazole rings is 1. The van der Waals surface area contributed by atoms with E-state index in [1.807, 2.05) is 28.8 Å². The molecule has 9 nitrogen and oxygen atoms in total. The summed E-state index contributed by atoms with van der Waals surface area (Å²) in [6, 6.07) is 9.62. The van der Waals surface area contributed by atoms with Crippen LogP contribution in [-0.2, 0) is 24.3 Å². The van der Waals surface area contributed by atoms with Gasteiger partial charge in [-0.15, -0.1) is 11.3 Å². The van der Waals surface area contributed by atoms with Gasteiger partial charge in [0.1, 0.15) is 17.7 Å². The van der Waals surface area contributed by atoms with Crippen LogP contribution in [0.15, 0.2) is 54.3 Å². The minimum absolute atomic E-state index is 0.0231. The zero-order chi connectivity index (χ0) is 27.2. The maximum atomic E-state index is 15.5. The summed E-state index contributed by atoms with van der Waals surface area (Å²) in [6.07, 6.45) is 6.12. The Hall–Kier alpha value is -4.09. The van der Waals surface area contributed by atoms with Crippen molar-refractivity contribution in [1.82, 2.24) is 24.8 Å². The van der Waals surface area contributed by atoms with E-state index in [0.29, 0.717) is 16.4 Å². The molecule has 0 radical (unpaired) electrons. The van der Waals surface area contributed by atoms with Crippen LogP contribution in [0, 0.1) is 5.82 Å². The second-order valence-electron chi connectivity index (χ2n) is 10.3. The first-order chi connectivity index (χ1) is 19.5. The Bertz CT molecular complexity index is 1580. The van der Waals surface area contributed by atoms with E-state index in [0.717, 1.165) is 55.9 Å². The van der Waals surface area contributed by atoms with Crippen LogP contribution in [0.2, 0.25) is 0 Å². The topological polar surface area (TPSA) is 101 Å². The van der Waals surface area contributed by atoms with Gasteiger partial charge in [-0.1, -0.05) is 12.1 Å². The molecule has 0 bridgehead atoms. The highest BCUT2D eigenvalue weighted by Gasteiger charge is 2.42. The van der Waals surface area contributed by atoms with Gasteiger partial charge in [0.25, 0.3) is 11.8 Å². The van der Waals surface area contributed by atoms with Crippen molar-refractivity contribution in [2.45, 2.75) is 44.5 Å². The SMILES string of the molecule is O=C(Nc1nccs1)C(c1ncn2c1CCC2)N1Cc2c(F)cc(-c3ccc(OC4CCNC4)cc3)cc2C1=O. The fourth-order valence-electron chi connectivity index (χ4n) is 5.81. The molecule has 40 heavy (non-hydrogen) atoms. The number of carbonyl (C=O) groups is 2. The van der Waals surface area contributed by atoms with Crippen LogP contribution in [0.1, 0.15) is 46.2 Å². The largest absolute Gasteiger partial charge is 0.489 e. The van der Waals surface area contributed by atoms with Crippen molar-refractivity contribution >= 4 is 28.3 Å². The molecule has 3 aliphatic rings. The van der Waals surface area contributed by atoms with Crippen LogP contribution < -0.4 is 15.4 Å². The van der Waals surface area contributed by atoms with Crippen molar-refractivity contribution < 1.29 is 18.7 Å². The molecule has 2 aromatic carbocycles. The monoisotopic (exact) mass is 558 g/mol. The lowest BCUT2D eigenvalue weighted by Gasteiger charge is -2.26. The molecule has 1 saturated heterocycles. The molecule has 4 aromatic rings. The quantitative estimate of drug-likeness (QED) is 0.353. The smallest absolute Gasteiger partial charge is 0.255 e. The number of rotatable bonds is 7. The normalized spacial score (nSPS) is 18.6. The van der Waals surface area contributed by atoms with Crippen LogP contribution in [0.4, 0.5) is 9.52 Å². The number of ether oxygens (including phenoxy) is 1. The van der Waals surface area contributed by atoms with Crippen molar-refractivity contribution in [3.8, 4) is 16.9 Å². The molecular formula is C29H27FN6O3S. The summed E-state index contributed by atoms with van der Waals surface area (Å²) in [5.41, 5.74) is 3.36. The number of anilines is 1. The summed E-state index contributed by atoms with van der Waals surface area (Å²) >= 11 is 1.29. The van der Waals surface area contributed by atoms with Crippen molar-refractivity contribution in [2.75, 3.05) is 18.4 Å². The molecule has 0 spiro atoms. The number of halogens is 1. The third-order valence-corrected chi connectivity index (χ3v) is 8.48. The first-order valence-corrected chi connectivity index (χ1v) is 14.3. The van der Waals surface area contributed by atoms with Crippen molar-refractivity contribution in [1.29, 1.82) is 0 Å². The van der Waals surface area contributed by atoms with E-state index in [9.17, 15) is 9.59 Å². The van der Waals surface area contributed by atoms with E-state index < -0.39 is 23.7 Å². The number of thiazole rings is 1. The highest BCUT2D eigenvalue weighted by Crippen LogP contribution is 2.38. The lowest BCUT2D eigenvalue weighted by molar-refractivity contribution is -0.121. The fourth-order valence-corrected chi connectivity index (χ4v) is 6.34. The number of carbonyl (C=O) groups excluding carboxylic acids is 2. The molecule has 5 heterocycles. The van der Waals surface area contributed by atoms with Crippen molar-refractivity contribution in [3.05, 3.63) is 82.6 Å². The minimum atomic E-state index is -1.01. The number of aromatic nitrogens is 3. The van der Waals surface area contributed by atoms with Crippen LogP contribution >= 0.6 is 11.3 Å². The first kappa shape index (κ1) is 24.9. The van der Waals surface area contributed by atoms with Crippen LogP contribution in [0.3, 0.4) is 0 Å². The molecule has 3 aliphatic heterocycles. The number of aryl methyl sites for hydroxylation is 1. The number of benzene rings is 2. The van der Waals surface area contributed by atoms with Crippen LogP contribution in [0.25, 0.3) is 11.1 Å². The summed E-state index contributed by atoms with van der Waals surface area (Å²) in [5, 5.41) is 8.29. The van der Waals surface area contributed by atoms with Crippen molar-refractivity contribution in [3.63, 3.8) is 0 Å². The lowest BCUT2D eigenvalue weighted by Crippen LogP contribution is -2.38. The molecule has 7 rings (SSSR count). The third-order valence-electron chi connectivity index (χ3n) is 7.79. The van der Waals surface area contributed by atoms with Gasteiger partial charge in [0.05, 0.1) is 18.6 Å². The summed E-state index contributed by atoms with van der Waals surface area (Å²) in [4.78, 5) is 37.6. The number of nitrogens with one attached hydrogen (secondary N) is 2.